The van der Waals surface area contributed by atoms with E-state index in [1.54, 1.807) is 26.8 Å². The lowest BCUT2D eigenvalue weighted by molar-refractivity contribution is -0.385. The molecule has 2 N–H and O–H groups in total. The van der Waals surface area contributed by atoms with Crippen molar-refractivity contribution in [1.82, 2.24) is 0 Å². The largest absolute Gasteiger partial charge is 0.480 e. The summed E-state index contributed by atoms with van der Waals surface area (Å²) in [5.41, 5.74) is 1.09. The first-order valence-electron chi connectivity index (χ1n) is 5.57. The molecule has 1 atom stereocenters. The summed E-state index contributed by atoms with van der Waals surface area (Å²) >= 11 is 0. The molecule has 0 aliphatic carbocycles. The van der Waals surface area contributed by atoms with E-state index in [0.717, 1.165) is 0 Å². The van der Waals surface area contributed by atoms with Crippen molar-refractivity contribution in [2.24, 2.45) is 5.92 Å². The molecule has 0 aliphatic rings. The molecule has 1 rings (SSSR count). The number of nitrogens with one attached hydrogen (secondary N) is 1. The van der Waals surface area contributed by atoms with Gasteiger partial charge in [-0.3, -0.25) is 10.1 Å². The second kappa shape index (κ2) is 5.48. The fourth-order valence-electron chi connectivity index (χ4n) is 1.64. The van der Waals surface area contributed by atoms with E-state index in [-0.39, 0.29) is 11.6 Å². The molecule has 0 bridgehead atoms. The van der Waals surface area contributed by atoms with Crippen LogP contribution in [0.2, 0.25) is 0 Å². The van der Waals surface area contributed by atoms with Crippen molar-refractivity contribution in [2.45, 2.75) is 26.8 Å². The maximum Gasteiger partial charge on any atom is 0.326 e. The first-order valence-corrected chi connectivity index (χ1v) is 5.57. The molecule has 1 aromatic rings. The number of hydrogen-bond donors (Lipinski definition) is 2. The minimum Gasteiger partial charge on any atom is -0.480 e. The minimum absolute atomic E-state index is 0.0250. The molecule has 0 saturated carbocycles. The molecule has 18 heavy (non-hydrogen) atoms. The number of nitro groups is 1. The molecule has 0 radical (unpaired) electrons. The van der Waals surface area contributed by atoms with Gasteiger partial charge in [-0.05, 0) is 25.0 Å². The van der Waals surface area contributed by atoms with Crippen LogP contribution in [0.1, 0.15) is 19.4 Å². The molecule has 6 nitrogen and oxygen atoms in total. The Bertz CT molecular complexity index is 471. The Morgan fingerprint density at radius 3 is 2.44 bits per heavy atom. The van der Waals surface area contributed by atoms with Crippen LogP contribution in [0.3, 0.4) is 0 Å². The molecule has 0 spiro atoms. The molecule has 0 amide bonds. The van der Waals surface area contributed by atoms with Gasteiger partial charge in [0.1, 0.15) is 6.04 Å². The lowest BCUT2D eigenvalue weighted by Crippen LogP contribution is -2.34. The van der Waals surface area contributed by atoms with E-state index >= 15 is 0 Å². The van der Waals surface area contributed by atoms with Crippen molar-refractivity contribution in [3.8, 4) is 0 Å². The van der Waals surface area contributed by atoms with E-state index in [9.17, 15) is 14.9 Å². The number of benzene rings is 1. The number of nitrogens with zero attached hydrogens (tertiary/aromatic N) is 1. The van der Waals surface area contributed by atoms with Crippen LogP contribution < -0.4 is 5.32 Å². The maximum atomic E-state index is 11.0. The Morgan fingerprint density at radius 2 is 2.06 bits per heavy atom. The number of nitro benzene ring substituents is 1. The highest BCUT2D eigenvalue weighted by molar-refractivity contribution is 5.77. The minimum atomic E-state index is -0.944. The number of anilines is 1. The van der Waals surface area contributed by atoms with E-state index in [1.165, 1.54) is 12.1 Å². The van der Waals surface area contributed by atoms with Crippen LogP contribution in [-0.4, -0.2) is 22.0 Å². The molecular weight excluding hydrogens is 236 g/mol. The average molecular weight is 252 g/mol. The molecule has 0 fully saturated rings. The van der Waals surface area contributed by atoms with Crippen molar-refractivity contribution >= 4 is 17.3 Å². The van der Waals surface area contributed by atoms with Crippen LogP contribution in [0.25, 0.3) is 0 Å². The van der Waals surface area contributed by atoms with Crippen LogP contribution in [0.4, 0.5) is 11.4 Å². The van der Waals surface area contributed by atoms with Crippen LogP contribution >= 0.6 is 0 Å². The summed E-state index contributed by atoms with van der Waals surface area (Å²) in [5, 5.41) is 22.6. The highest BCUT2D eigenvalue weighted by atomic mass is 16.6. The summed E-state index contributed by atoms with van der Waals surface area (Å²) in [6, 6.07) is 3.75. The predicted octanol–water partition coefficient (Wildman–Crippen LogP) is 2.42. The van der Waals surface area contributed by atoms with Crippen LogP contribution in [0, 0.1) is 23.0 Å². The van der Waals surface area contributed by atoms with Crippen LogP contribution in [0.15, 0.2) is 18.2 Å². The highest BCUT2D eigenvalue weighted by Gasteiger charge is 2.21. The first kappa shape index (κ1) is 14.0. The summed E-state index contributed by atoms with van der Waals surface area (Å²) < 4.78 is 0. The van der Waals surface area contributed by atoms with E-state index in [4.69, 9.17) is 5.11 Å². The third-order valence-electron chi connectivity index (χ3n) is 2.65. The zero-order chi connectivity index (χ0) is 13.9. The molecule has 0 unspecified atom stereocenters. The van der Waals surface area contributed by atoms with Gasteiger partial charge in [-0.2, -0.15) is 0 Å². The Balaban J connectivity index is 2.95. The van der Waals surface area contributed by atoms with Crippen molar-refractivity contribution in [1.29, 1.82) is 0 Å². The Morgan fingerprint density at radius 1 is 1.44 bits per heavy atom. The third-order valence-corrected chi connectivity index (χ3v) is 2.65. The number of carboxylic acids is 1. The van der Waals surface area contributed by atoms with Crippen LogP contribution in [-0.2, 0) is 4.79 Å². The lowest BCUT2D eigenvalue weighted by Gasteiger charge is -2.19. The van der Waals surface area contributed by atoms with Gasteiger partial charge in [0.25, 0.3) is 5.69 Å². The van der Waals surface area contributed by atoms with E-state index in [2.05, 4.69) is 5.32 Å². The summed E-state index contributed by atoms with van der Waals surface area (Å²) in [4.78, 5) is 21.2. The monoisotopic (exact) mass is 252 g/mol. The zero-order valence-electron chi connectivity index (χ0n) is 10.5. The number of aliphatic carboxylic acids is 1. The van der Waals surface area contributed by atoms with Crippen molar-refractivity contribution in [3.05, 3.63) is 33.9 Å². The van der Waals surface area contributed by atoms with Gasteiger partial charge >= 0.3 is 5.97 Å². The van der Waals surface area contributed by atoms with Gasteiger partial charge in [0.2, 0.25) is 0 Å². The van der Waals surface area contributed by atoms with Gasteiger partial charge in [0.15, 0.2) is 0 Å². The smallest absolute Gasteiger partial charge is 0.326 e. The topological polar surface area (TPSA) is 92.5 Å². The maximum absolute atomic E-state index is 11.0. The normalized spacial score (nSPS) is 12.2. The third kappa shape index (κ3) is 3.19. The van der Waals surface area contributed by atoms with Gasteiger partial charge in [-0.25, -0.2) is 4.79 Å². The number of aryl methyl sites for hydroxylation is 1. The van der Waals surface area contributed by atoms with E-state index < -0.39 is 16.9 Å². The molecule has 98 valence electrons. The van der Waals surface area contributed by atoms with Gasteiger partial charge in [-0.1, -0.05) is 13.8 Å². The number of carboxylic acid groups (broad SMARTS) is 1. The van der Waals surface area contributed by atoms with Gasteiger partial charge in [-0.15, -0.1) is 0 Å². The molecule has 1 aromatic carbocycles. The molecule has 6 heteroatoms. The zero-order valence-corrected chi connectivity index (χ0v) is 10.5. The second-order valence-corrected chi connectivity index (χ2v) is 4.46. The Kier molecular flexibility index (Phi) is 4.25. The van der Waals surface area contributed by atoms with Crippen LogP contribution in [0.5, 0.6) is 0 Å². The summed E-state index contributed by atoms with van der Waals surface area (Å²) in [7, 11) is 0. The summed E-state index contributed by atoms with van der Waals surface area (Å²) in [6.07, 6.45) is 0. The van der Waals surface area contributed by atoms with Crippen molar-refractivity contribution in [3.63, 3.8) is 0 Å². The molecular formula is C12H16N2O4. The second-order valence-electron chi connectivity index (χ2n) is 4.46. The Hall–Kier alpha value is -2.11. The standard InChI is InChI=1S/C12H16N2O4/c1-7(2)11(12(15)16)13-9-4-5-10(14(17)18)8(3)6-9/h4-7,11,13H,1-3H3,(H,15,16)/t11-/m1/s1. The first-order chi connectivity index (χ1) is 8.32. The van der Waals surface area contributed by atoms with Gasteiger partial charge in [0, 0.05) is 17.3 Å². The van der Waals surface area contributed by atoms with Crippen molar-refractivity contribution in [2.75, 3.05) is 5.32 Å². The van der Waals surface area contributed by atoms with Gasteiger partial charge < -0.3 is 10.4 Å². The fourth-order valence-corrected chi connectivity index (χ4v) is 1.64. The number of carbonyl (C=O) groups is 1. The quantitative estimate of drug-likeness (QED) is 0.620. The highest BCUT2D eigenvalue weighted by Crippen LogP contribution is 2.22. The Labute approximate surface area is 105 Å². The predicted molar refractivity (Wildman–Crippen MR) is 67.7 cm³/mol. The van der Waals surface area contributed by atoms with E-state index in [0.29, 0.717) is 11.3 Å². The molecule has 0 heterocycles. The number of hydrogen-bond acceptors (Lipinski definition) is 4. The van der Waals surface area contributed by atoms with Gasteiger partial charge in [0.05, 0.1) is 4.92 Å². The SMILES string of the molecule is Cc1cc(N[C@@H](C(=O)O)C(C)C)ccc1[N+](=O)[O-]. The lowest BCUT2D eigenvalue weighted by atomic mass is 10.0. The fraction of sp³-hybridized carbons (Fsp3) is 0.417. The summed E-state index contributed by atoms with van der Waals surface area (Å²) in [6.45, 7) is 5.21. The average Bonchev–Trinajstić information content (AvgIpc) is 2.24. The van der Waals surface area contributed by atoms with Crippen molar-refractivity contribution < 1.29 is 14.8 Å². The van der Waals surface area contributed by atoms with E-state index in [1.807, 2.05) is 0 Å². The number of rotatable bonds is 5. The molecule has 0 aliphatic heterocycles. The molecule has 0 saturated heterocycles. The summed E-state index contributed by atoms with van der Waals surface area (Å²) in [5.74, 6) is -1.03. The molecule has 0 aromatic heterocycles.